The maximum absolute atomic E-state index is 12.8. The molecule has 3 atom stereocenters. The third-order valence-electron chi connectivity index (χ3n) is 7.54. The van der Waals surface area contributed by atoms with Crippen LogP contribution >= 0.6 is 0 Å². The Hall–Kier alpha value is -1.39. The summed E-state index contributed by atoms with van der Waals surface area (Å²) in [5.74, 6) is 0.650. The van der Waals surface area contributed by atoms with Crippen molar-refractivity contribution in [1.82, 2.24) is 15.5 Å². The number of hydrogen-bond donors (Lipinski definition) is 2. The molecule has 2 N–H and O–H groups in total. The number of hydrogen-bond acceptors (Lipinski definition) is 3. The normalized spacial score (nSPS) is 35.4. The average Bonchev–Trinajstić information content (AvgIpc) is 3.30. The van der Waals surface area contributed by atoms with Gasteiger partial charge in [-0.05, 0) is 69.0 Å². The maximum atomic E-state index is 12.8. The molecule has 26 heavy (non-hydrogen) atoms. The van der Waals surface area contributed by atoms with Crippen molar-refractivity contribution in [2.24, 2.45) is 11.3 Å². The smallest absolute Gasteiger partial charge is 0.223 e. The number of fused-ring (bicyclic) bond motifs is 2. The van der Waals surface area contributed by atoms with E-state index in [1.807, 2.05) is 0 Å². The number of amides is 1. The molecule has 3 heterocycles. The summed E-state index contributed by atoms with van der Waals surface area (Å²) in [6.45, 7) is 3.24. The largest absolute Gasteiger partial charge is 0.353 e. The van der Waals surface area contributed by atoms with Crippen molar-refractivity contribution in [2.45, 2.75) is 69.6 Å². The molecule has 1 aromatic rings. The van der Waals surface area contributed by atoms with E-state index in [1.165, 1.54) is 31.2 Å². The van der Waals surface area contributed by atoms with Gasteiger partial charge >= 0.3 is 0 Å². The number of nitrogens with one attached hydrogen (secondary N) is 2. The monoisotopic (exact) mass is 353 g/mol. The molecule has 1 saturated carbocycles. The molecule has 1 spiro atoms. The average molecular weight is 354 g/mol. The fourth-order valence-corrected chi connectivity index (χ4v) is 5.94. The van der Waals surface area contributed by atoms with Crippen molar-refractivity contribution in [1.29, 1.82) is 0 Å². The van der Waals surface area contributed by atoms with Crippen LogP contribution in [0.3, 0.4) is 0 Å². The molecule has 1 amide bonds. The number of benzene rings is 1. The van der Waals surface area contributed by atoms with E-state index in [1.54, 1.807) is 0 Å². The van der Waals surface area contributed by atoms with Gasteiger partial charge in [0.2, 0.25) is 5.91 Å². The van der Waals surface area contributed by atoms with Crippen LogP contribution in [0.5, 0.6) is 0 Å². The highest BCUT2D eigenvalue weighted by Crippen LogP contribution is 2.58. The molecule has 4 aliphatic rings. The van der Waals surface area contributed by atoms with Crippen molar-refractivity contribution in [2.75, 3.05) is 13.1 Å². The van der Waals surface area contributed by atoms with E-state index in [0.29, 0.717) is 35.4 Å². The Morgan fingerprint density at radius 3 is 2.50 bits per heavy atom. The van der Waals surface area contributed by atoms with Crippen LogP contribution in [0.25, 0.3) is 0 Å². The van der Waals surface area contributed by atoms with Crippen molar-refractivity contribution < 1.29 is 4.79 Å². The number of carbonyl (C=O) groups is 1. The SMILES string of the molecule is O=C(NC1CC2CCC(C1)N2Cc1ccccc1)C1CC12CCNCC2. The summed E-state index contributed by atoms with van der Waals surface area (Å²) >= 11 is 0. The van der Waals surface area contributed by atoms with Crippen molar-refractivity contribution in [3.05, 3.63) is 35.9 Å². The van der Waals surface area contributed by atoms with Gasteiger partial charge in [-0.3, -0.25) is 9.69 Å². The number of piperidine rings is 2. The minimum atomic E-state index is 0.296. The fraction of sp³-hybridized carbons (Fsp3) is 0.682. The van der Waals surface area contributed by atoms with E-state index < -0.39 is 0 Å². The first-order valence-corrected chi connectivity index (χ1v) is 10.5. The molecular weight excluding hydrogens is 322 g/mol. The summed E-state index contributed by atoms with van der Waals surface area (Å²) in [7, 11) is 0. The summed E-state index contributed by atoms with van der Waals surface area (Å²) < 4.78 is 0. The van der Waals surface area contributed by atoms with Gasteiger partial charge < -0.3 is 10.6 Å². The topological polar surface area (TPSA) is 44.4 Å². The van der Waals surface area contributed by atoms with E-state index in [-0.39, 0.29) is 0 Å². The number of carbonyl (C=O) groups excluding carboxylic acids is 1. The van der Waals surface area contributed by atoms with E-state index in [0.717, 1.165) is 38.9 Å². The second kappa shape index (κ2) is 6.65. The zero-order valence-electron chi connectivity index (χ0n) is 15.6. The third-order valence-corrected chi connectivity index (χ3v) is 7.54. The second-order valence-corrected chi connectivity index (χ2v) is 9.09. The molecule has 3 aliphatic heterocycles. The first kappa shape index (κ1) is 16.8. The zero-order valence-corrected chi connectivity index (χ0v) is 15.6. The summed E-state index contributed by atoms with van der Waals surface area (Å²) in [5, 5.41) is 6.88. The van der Waals surface area contributed by atoms with Crippen LogP contribution in [0.4, 0.5) is 0 Å². The van der Waals surface area contributed by atoms with Crippen LogP contribution in [0.2, 0.25) is 0 Å². The molecule has 140 valence electrons. The minimum absolute atomic E-state index is 0.296. The standard InChI is InChI=1S/C22H31N3O/c26-21(20-14-22(20)8-10-23-11-9-22)24-17-12-18-6-7-19(13-17)25(18)15-16-4-2-1-3-5-16/h1-5,17-20,23H,6-15H2,(H,24,26). The van der Waals surface area contributed by atoms with E-state index in [9.17, 15) is 4.79 Å². The lowest BCUT2D eigenvalue weighted by Crippen LogP contribution is -2.50. The van der Waals surface area contributed by atoms with Gasteiger partial charge in [-0.15, -0.1) is 0 Å². The maximum Gasteiger partial charge on any atom is 0.223 e. The Morgan fingerprint density at radius 2 is 1.81 bits per heavy atom. The first-order valence-electron chi connectivity index (χ1n) is 10.5. The molecule has 3 saturated heterocycles. The van der Waals surface area contributed by atoms with Crippen LogP contribution < -0.4 is 10.6 Å². The molecule has 4 heteroatoms. The summed E-state index contributed by atoms with van der Waals surface area (Å²) in [6.07, 6.45) is 8.36. The van der Waals surface area contributed by atoms with Crippen molar-refractivity contribution >= 4 is 5.91 Å². The quantitative estimate of drug-likeness (QED) is 0.875. The van der Waals surface area contributed by atoms with E-state index >= 15 is 0 Å². The van der Waals surface area contributed by atoms with Gasteiger partial charge in [0.15, 0.2) is 0 Å². The fourth-order valence-electron chi connectivity index (χ4n) is 5.94. The first-order chi connectivity index (χ1) is 12.7. The molecular formula is C22H31N3O. The predicted molar refractivity (Wildman–Crippen MR) is 103 cm³/mol. The lowest BCUT2D eigenvalue weighted by molar-refractivity contribution is -0.124. The molecule has 1 aliphatic carbocycles. The lowest BCUT2D eigenvalue weighted by Gasteiger charge is -2.39. The van der Waals surface area contributed by atoms with Crippen LogP contribution in [-0.4, -0.2) is 42.0 Å². The summed E-state index contributed by atoms with van der Waals surface area (Å²) in [4.78, 5) is 15.5. The highest BCUT2D eigenvalue weighted by Gasteiger charge is 2.58. The Bertz CT molecular complexity index is 641. The van der Waals surface area contributed by atoms with Gasteiger partial charge in [-0.2, -0.15) is 0 Å². The molecule has 5 rings (SSSR count). The molecule has 1 aromatic carbocycles. The molecule has 4 fully saturated rings. The zero-order chi connectivity index (χ0) is 17.6. The Labute approximate surface area is 156 Å². The highest BCUT2D eigenvalue weighted by molar-refractivity contribution is 5.83. The highest BCUT2D eigenvalue weighted by atomic mass is 16.2. The Balaban J connectivity index is 1.17. The van der Waals surface area contributed by atoms with Crippen LogP contribution in [0.1, 0.15) is 50.5 Å². The van der Waals surface area contributed by atoms with E-state index in [4.69, 9.17) is 0 Å². The van der Waals surface area contributed by atoms with Gasteiger partial charge in [0.05, 0.1) is 0 Å². The van der Waals surface area contributed by atoms with E-state index in [2.05, 4.69) is 45.9 Å². The minimum Gasteiger partial charge on any atom is -0.353 e. The van der Waals surface area contributed by atoms with Crippen LogP contribution in [0, 0.1) is 11.3 Å². The van der Waals surface area contributed by atoms with Gasteiger partial charge in [-0.25, -0.2) is 0 Å². The van der Waals surface area contributed by atoms with Gasteiger partial charge in [0.25, 0.3) is 0 Å². The molecule has 0 radical (unpaired) electrons. The molecule has 2 bridgehead atoms. The summed E-state index contributed by atoms with van der Waals surface area (Å²) in [6, 6.07) is 12.5. The van der Waals surface area contributed by atoms with Gasteiger partial charge in [0.1, 0.15) is 0 Å². The number of rotatable bonds is 4. The molecule has 4 nitrogen and oxygen atoms in total. The van der Waals surface area contributed by atoms with Crippen LogP contribution in [-0.2, 0) is 11.3 Å². The summed E-state index contributed by atoms with van der Waals surface area (Å²) in [5.41, 5.74) is 1.76. The predicted octanol–water partition coefficient (Wildman–Crippen LogP) is 2.69. The van der Waals surface area contributed by atoms with Crippen molar-refractivity contribution in [3.63, 3.8) is 0 Å². The molecule has 3 unspecified atom stereocenters. The second-order valence-electron chi connectivity index (χ2n) is 9.09. The van der Waals surface area contributed by atoms with Crippen LogP contribution in [0.15, 0.2) is 30.3 Å². The van der Waals surface area contributed by atoms with Crippen molar-refractivity contribution in [3.8, 4) is 0 Å². The van der Waals surface area contributed by atoms with Gasteiger partial charge in [-0.1, -0.05) is 30.3 Å². The lowest BCUT2D eigenvalue weighted by atomic mass is 9.91. The van der Waals surface area contributed by atoms with Gasteiger partial charge in [0, 0.05) is 30.6 Å². The molecule has 0 aromatic heterocycles. The third kappa shape index (κ3) is 3.07. The Morgan fingerprint density at radius 1 is 1.12 bits per heavy atom. The number of nitrogens with zero attached hydrogens (tertiary/aromatic N) is 1. The Kier molecular flexibility index (Phi) is 4.29.